The van der Waals surface area contributed by atoms with Crippen molar-refractivity contribution < 1.29 is 24.2 Å². The van der Waals surface area contributed by atoms with Gasteiger partial charge in [-0.3, -0.25) is 9.59 Å². The third-order valence-corrected chi connectivity index (χ3v) is 12.3. The second-order valence-corrected chi connectivity index (χ2v) is 19.0. The Morgan fingerprint density at radius 2 is 0.623 bits per heavy atom. The van der Waals surface area contributed by atoms with Crippen molar-refractivity contribution in [3.05, 3.63) is 109 Å². The van der Waals surface area contributed by atoms with Gasteiger partial charge in [0.05, 0.1) is 6.61 Å². The van der Waals surface area contributed by atoms with Crippen molar-refractivity contribution in [1.82, 2.24) is 0 Å². The number of unbranched alkanes of at least 4 members (excludes halogenated alkanes) is 26. The maximum atomic E-state index is 12.3. The van der Waals surface area contributed by atoms with E-state index in [1.54, 1.807) is 0 Å². The zero-order valence-electron chi connectivity index (χ0n) is 45.0. The second-order valence-electron chi connectivity index (χ2n) is 19.0. The van der Waals surface area contributed by atoms with Crippen LogP contribution in [-0.2, 0) is 19.1 Å². The van der Waals surface area contributed by atoms with Crippen LogP contribution in [0.25, 0.3) is 0 Å². The van der Waals surface area contributed by atoms with E-state index in [2.05, 4.69) is 123 Å². The highest BCUT2D eigenvalue weighted by molar-refractivity contribution is 5.70. The Bertz CT molecular complexity index is 1360. The van der Waals surface area contributed by atoms with Crippen molar-refractivity contribution in [2.75, 3.05) is 13.2 Å². The molecule has 0 fully saturated rings. The zero-order valence-corrected chi connectivity index (χ0v) is 45.0. The van der Waals surface area contributed by atoms with Crippen molar-refractivity contribution in [1.29, 1.82) is 0 Å². The van der Waals surface area contributed by atoms with E-state index in [0.717, 1.165) is 103 Å². The number of aliphatic hydroxyl groups is 1. The largest absolute Gasteiger partial charge is 0.462 e. The lowest BCUT2D eigenvalue weighted by atomic mass is 10.0. The number of allylic oxidation sites excluding steroid dienone is 18. The lowest BCUT2D eigenvalue weighted by Gasteiger charge is -2.15. The van der Waals surface area contributed by atoms with Crippen LogP contribution >= 0.6 is 0 Å². The quantitative estimate of drug-likeness (QED) is 0.0374. The first-order valence-electron chi connectivity index (χ1n) is 28.9. The summed E-state index contributed by atoms with van der Waals surface area (Å²) in [5.41, 5.74) is 0. The normalized spacial score (nSPS) is 13.0. The molecule has 0 aromatic heterocycles. The van der Waals surface area contributed by atoms with Crippen LogP contribution < -0.4 is 0 Å². The molecular formula is C64H108O5. The molecule has 1 N–H and O–H groups in total. The molecule has 5 heteroatoms. The average Bonchev–Trinajstić information content (AvgIpc) is 3.35. The van der Waals surface area contributed by atoms with Crippen LogP contribution in [0.2, 0.25) is 0 Å². The lowest BCUT2D eigenvalue weighted by molar-refractivity contribution is -0.161. The van der Waals surface area contributed by atoms with Crippen molar-refractivity contribution in [2.24, 2.45) is 0 Å². The molecule has 5 nitrogen and oxygen atoms in total. The van der Waals surface area contributed by atoms with E-state index in [-0.39, 0.29) is 25.2 Å². The van der Waals surface area contributed by atoms with E-state index in [1.165, 1.54) is 135 Å². The van der Waals surface area contributed by atoms with Crippen LogP contribution in [0, 0.1) is 0 Å². The molecule has 0 saturated carbocycles. The molecule has 0 aliphatic rings. The number of ether oxygens (including phenoxy) is 2. The SMILES string of the molecule is CC/C=C\C/C=C\C/C=C\C/C=C\C/C=C\C/C=C\C/C=C\C/C=C\C/C=C\CCCCCCCCCC(=O)OC(CO)COC(=O)CCCCCCCCCCCCCCCCCCCCCC. The highest BCUT2D eigenvalue weighted by Gasteiger charge is 2.16. The molecule has 1 atom stereocenters. The van der Waals surface area contributed by atoms with Crippen LogP contribution in [0.15, 0.2) is 109 Å². The summed E-state index contributed by atoms with van der Waals surface area (Å²) in [5, 5.41) is 9.65. The van der Waals surface area contributed by atoms with Gasteiger partial charge in [0.15, 0.2) is 6.10 Å². The molecule has 69 heavy (non-hydrogen) atoms. The van der Waals surface area contributed by atoms with Crippen LogP contribution in [-0.4, -0.2) is 36.4 Å². The van der Waals surface area contributed by atoms with E-state index in [4.69, 9.17) is 9.47 Å². The van der Waals surface area contributed by atoms with E-state index in [9.17, 15) is 14.7 Å². The minimum Gasteiger partial charge on any atom is -0.462 e. The summed E-state index contributed by atoms with van der Waals surface area (Å²) in [6.45, 7) is 4.04. The topological polar surface area (TPSA) is 72.8 Å². The first kappa shape index (κ1) is 65.6. The van der Waals surface area contributed by atoms with Gasteiger partial charge >= 0.3 is 11.9 Å². The van der Waals surface area contributed by atoms with Crippen LogP contribution in [0.1, 0.15) is 264 Å². The number of hydrogen-bond acceptors (Lipinski definition) is 5. The summed E-state index contributed by atoms with van der Waals surface area (Å²) in [5.74, 6) is -0.600. The number of rotatable bonds is 52. The van der Waals surface area contributed by atoms with Gasteiger partial charge in [-0.05, 0) is 83.5 Å². The monoisotopic (exact) mass is 957 g/mol. The van der Waals surface area contributed by atoms with Crippen molar-refractivity contribution in [2.45, 2.75) is 270 Å². The Hall–Kier alpha value is -3.44. The molecule has 0 aliphatic carbocycles. The van der Waals surface area contributed by atoms with Gasteiger partial charge in [0.2, 0.25) is 0 Å². The number of carbonyl (C=O) groups excluding carboxylic acids is 2. The van der Waals surface area contributed by atoms with E-state index < -0.39 is 6.10 Å². The average molecular weight is 958 g/mol. The van der Waals surface area contributed by atoms with Gasteiger partial charge in [-0.1, -0.05) is 277 Å². The molecule has 0 saturated heterocycles. The number of esters is 2. The molecular weight excluding hydrogens is 849 g/mol. The van der Waals surface area contributed by atoms with Crippen molar-refractivity contribution in [3.63, 3.8) is 0 Å². The zero-order chi connectivity index (χ0) is 49.9. The Morgan fingerprint density at radius 1 is 0.348 bits per heavy atom. The Morgan fingerprint density at radius 3 is 0.942 bits per heavy atom. The lowest BCUT2D eigenvalue weighted by Crippen LogP contribution is -2.28. The highest BCUT2D eigenvalue weighted by atomic mass is 16.6. The number of aliphatic hydroxyl groups excluding tert-OH is 1. The Kier molecular flexibility index (Phi) is 55.9. The molecule has 0 spiro atoms. The Labute approximate surface area is 427 Å². The number of carbonyl (C=O) groups is 2. The van der Waals surface area contributed by atoms with Gasteiger partial charge in [0.25, 0.3) is 0 Å². The fourth-order valence-electron chi connectivity index (χ4n) is 8.02. The van der Waals surface area contributed by atoms with Crippen LogP contribution in [0.5, 0.6) is 0 Å². The first-order chi connectivity index (χ1) is 34.1. The minimum absolute atomic E-state index is 0.0728. The molecule has 0 bridgehead atoms. The number of hydrogen-bond donors (Lipinski definition) is 1. The van der Waals surface area contributed by atoms with Gasteiger partial charge in [0, 0.05) is 12.8 Å². The predicted octanol–water partition coefficient (Wildman–Crippen LogP) is 19.7. The third kappa shape index (κ3) is 57.0. The van der Waals surface area contributed by atoms with Gasteiger partial charge in [-0.25, -0.2) is 0 Å². The third-order valence-electron chi connectivity index (χ3n) is 12.3. The molecule has 0 radical (unpaired) electrons. The maximum absolute atomic E-state index is 12.3. The summed E-state index contributed by atoms with van der Waals surface area (Å²) in [6.07, 6.45) is 84.9. The summed E-state index contributed by atoms with van der Waals surface area (Å²) in [4.78, 5) is 24.5. The van der Waals surface area contributed by atoms with Crippen molar-refractivity contribution >= 4 is 11.9 Å². The van der Waals surface area contributed by atoms with Gasteiger partial charge in [0.1, 0.15) is 6.61 Å². The molecule has 1 unspecified atom stereocenters. The molecule has 0 amide bonds. The van der Waals surface area contributed by atoms with Crippen molar-refractivity contribution in [3.8, 4) is 0 Å². The smallest absolute Gasteiger partial charge is 0.306 e. The summed E-state index contributed by atoms with van der Waals surface area (Å²) in [7, 11) is 0. The van der Waals surface area contributed by atoms with Gasteiger partial charge < -0.3 is 14.6 Å². The predicted molar refractivity (Wildman–Crippen MR) is 302 cm³/mol. The van der Waals surface area contributed by atoms with Crippen LogP contribution in [0.3, 0.4) is 0 Å². The van der Waals surface area contributed by atoms with E-state index in [0.29, 0.717) is 12.8 Å². The summed E-state index contributed by atoms with van der Waals surface area (Å²) >= 11 is 0. The molecule has 0 rings (SSSR count). The van der Waals surface area contributed by atoms with Crippen LogP contribution in [0.4, 0.5) is 0 Å². The fourth-order valence-corrected chi connectivity index (χ4v) is 8.02. The van der Waals surface area contributed by atoms with E-state index in [1.807, 2.05) is 0 Å². The standard InChI is InChI=1S/C64H108O5/c1-3-5-7-9-11-13-15-17-19-21-23-25-26-27-28-29-30-31-32-33-34-35-36-37-38-39-41-43-45-47-49-51-53-55-57-59-64(67)69-62(60-65)61-68-63(66)58-56-54-52-50-48-46-44-42-40-24-22-20-18-16-14-12-10-8-6-4-2/h5,7,11,13,17,19,23,25,27-28,30-31,33-34,36-37,39,41,62,65H,3-4,6,8-10,12,14-16,18,20-22,24,26,29,32,35,38,40,42-61H2,1-2H3/b7-5-,13-11-,19-17-,25-23-,28-27-,31-30-,34-33-,37-36-,41-39-. The molecule has 394 valence electrons. The summed E-state index contributed by atoms with van der Waals surface area (Å²) in [6, 6.07) is 0. The first-order valence-corrected chi connectivity index (χ1v) is 28.9. The molecule has 0 aromatic carbocycles. The Balaban J connectivity index is 3.58. The second kappa shape index (κ2) is 58.9. The van der Waals surface area contributed by atoms with Gasteiger partial charge in [-0.2, -0.15) is 0 Å². The molecule has 0 aliphatic heterocycles. The fraction of sp³-hybridized carbons (Fsp3) is 0.688. The molecule has 0 aromatic rings. The molecule has 0 heterocycles. The summed E-state index contributed by atoms with van der Waals surface area (Å²) < 4.78 is 10.7. The van der Waals surface area contributed by atoms with E-state index >= 15 is 0 Å². The maximum Gasteiger partial charge on any atom is 0.306 e. The minimum atomic E-state index is -0.784. The highest BCUT2D eigenvalue weighted by Crippen LogP contribution is 2.16. The van der Waals surface area contributed by atoms with Gasteiger partial charge in [-0.15, -0.1) is 0 Å².